The zero-order valence-electron chi connectivity index (χ0n) is 9.80. The number of hydrogen-bond donors (Lipinski definition) is 2. The Morgan fingerprint density at radius 1 is 1.71 bits per heavy atom. The fourth-order valence-corrected chi connectivity index (χ4v) is 2.02. The molecule has 1 atom stereocenters. The minimum Gasteiger partial charge on any atom is -0.397 e. The van der Waals surface area contributed by atoms with Crippen molar-refractivity contribution < 1.29 is 14.6 Å². The molecule has 0 aliphatic carbocycles. The molecule has 17 heavy (non-hydrogen) atoms. The zero-order chi connectivity index (χ0) is 12.4. The van der Waals surface area contributed by atoms with Crippen LogP contribution in [0.1, 0.15) is 10.5 Å². The number of nitrogen functional groups attached to an aromatic ring is 1. The van der Waals surface area contributed by atoms with Gasteiger partial charge in [0.25, 0.3) is 5.91 Å². The van der Waals surface area contributed by atoms with Gasteiger partial charge in [-0.25, -0.2) is 0 Å². The highest BCUT2D eigenvalue weighted by atomic mass is 16.5. The average Bonchev–Trinajstić information content (AvgIpc) is 2.67. The third-order valence-electron chi connectivity index (χ3n) is 2.94. The van der Waals surface area contributed by atoms with Crippen molar-refractivity contribution in [3.05, 3.63) is 18.0 Å². The van der Waals surface area contributed by atoms with Crippen LogP contribution in [-0.2, 0) is 11.8 Å². The summed E-state index contributed by atoms with van der Waals surface area (Å²) >= 11 is 0. The Labute approximate surface area is 99.6 Å². The van der Waals surface area contributed by atoms with E-state index in [0.717, 1.165) is 0 Å². The summed E-state index contributed by atoms with van der Waals surface area (Å²) in [4.78, 5) is 13.9. The maximum Gasteiger partial charge on any atom is 0.271 e. The molecular weight excluding hydrogens is 222 g/mol. The topological polar surface area (TPSA) is 80.7 Å². The molecule has 1 aromatic heterocycles. The molecule has 1 aliphatic heterocycles. The minimum atomic E-state index is -0.271. The third-order valence-corrected chi connectivity index (χ3v) is 2.94. The molecule has 0 aromatic carbocycles. The molecule has 2 heterocycles. The molecule has 6 nitrogen and oxygen atoms in total. The second-order valence-corrected chi connectivity index (χ2v) is 4.18. The fraction of sp³-hybridized carbons (Fsp3) is 0.545. The molecule has 1 aromatic rings. The van der Waals surface area contributed by atoms with Crippen molar-refractivity contribution in [2.24, 2.45) is 7.05 Å². The van der Waals surface area contributed by atoms with E-state index in [1.54, 1.807) is 28.8 Å². The molecule has 0 radical (unpaired) electrons. The lowest BCUT2D eigenvalue weighted by atomic mass is 10.2. The van der Waals surface area contributed by atoms with Gasteiger partial charge in [-0.3, -0.25) is 4.79 Å². The monoisotopic (exact) mass is 239 g/mol. The lowest BCUT2D eigenvalue weighted by Gasteiger charge is -2.34. The lowest BCUT2D eigenvalue weighted by Crippen LogP contribution is -2.50. The molecule has 6 heteroatoms. The molecule has 1 fully saturated rings. The molecule has 1 amide bonds. The number of ether oxygens (including phenoxy) is 1. The van der Waals surface area contributed by atoms with Gasteiger partial charge in [-0.05, 0) is 6.07 Å². The highest BCUT2D eigenvalue weighted by Crippen LogP contribution is 2.15. The van der Waals surface area contributed by atoms with E-state index in [-0.39, 0.29) is 18.6 Å². The largest absolute Gasteiger partial charge is 0.397 e. The maximum absolute atomic E-state index is 12.3. The number of nitrogens with zero attached hydrogens (tertiary/aromatic N) is 2. The Morgan fingerprint density at radius 2 is 2.47 bits per heavy atom. The van der Waals surface area contributed by atoms with Gasteiger partial charge in [-0.2, -0.15) is 0 Å². The van der Waals surface area contributed by atoms with E-state index in [1.807, 2.05) is 0 Å². The third kappa shape index (κ3) is 2.27. The van der Waals surface area contributed by atoms with Crippen molar-refractivity contribution in [2.75, 3.05) is 32.1 Å². The molecule has 0 saturated carbocycles. The van der Waals surface area contributed by atoms with Crippen LogP contribution in [0.4, 0.5) is 5.69 Å². The van der Waals surface area contributed by atoms with E-state index in [1.165, 1.54) is 0 Å². The second-order valence-electron chi connectivity index (χ2n) is 4.18. The Kier molecular flexibility index (Phi) is 3.35. The number of aliphatic hydroxyl groups excluding tert-OH is 1. The van der Waals surface area contributed by atoms with Crippen LogP contribution < -0.4 is 5.73 Å². The molecule has 0 bridgehead atoms. The predicted molar refractivity (Wildman–Crippen MR) is 62.6 cm³/mol. The van der Waals surface area contributed by atoms with Crippen LogP contribution in [-0.4, -0.2) is 52.9 Å². The lowest BCUT2D eigenvalue weighted by molar-refractivity contribution is -0.0188. The summed E-state index contributed by atoms with van der Waals surface area (Å²) in [5.41, 5.74) is 6.74. The number of carbonyl (C=O) groups is 1. The number of aliphatic hydroxyl groups is 1. The molecule has 1 unspecified atom stereocenters. The summed E-state index contributed by atoms with van der Waals surface area (Å²) in [5.74, 6) is -0.119. The van der Waals surface area contributed by atoms with Gasteiger partial charge < -0.3 is 25.0 Å². The van der Waals surface area contributed by atoms with Crippen LogP contribution in [0.25, 0.3) is 0 Å². The van der Waals surface area contributed by atoms with Crippen molar-refractivity contribution in [1.82, 2.24) is 9.47 Å². The van der Waals surface area contributed by atoms with Gasteiger partial charge >= 0.3 is 0 Å². The first kappa shape index (κ1) is 11.9. The quantitative estimate of drug-likeness (QED) is 0.725. The number of carbonyl (C=O) groups excluding carboxylic acids is 1. The van der Waals surface area contributed by atoms with Gasteiger partial charge in [0.1, 0.15) is 5.69 Å². The summed E-state index contributed by atoms with van der Waals surface area (Å²) < 4.78 is 6.94. The van der Waals surface area contributed by atoms with Crippen molar-refractivity contribution in [1.29, 1.82) is 0 Å². The van der Waals surface area contributed by atoms with Gasteiger partial charge in [0.05, 0.1) is 31.5 Å². The number of aromatic nitrogens is 1. The van der Waals surface area contributed by atoms with Crippen molar-refractivity contribution in [3.8, 4) is 0 Å². The molecule has 3 N–H and O–H groups in total. The second kappa shape index (κ2) is 4.77. The van der Waals surface area contributed by atoms with E-state index in [2.05, 4.69) is 0 Å². The van der Waals surface area contributed by atoms with E-state index < -0.39 is 0 Å². The number of hydrogen-bond acceptors (Lipinski definition) is 4. The molecular formula is C11H17N3O3. The molecule has 94 valence electrons. The van der Waals surface area contributed by atoms with E-state index in [4.69, 9.17) is 10.5 Å². The summed E-state index contributed by atoms with van der Waals surface area (Å²) in [6.45, 7) is 1.28. The highest BCUT2D eigenvalue weighted by molar-refractivity contribution is 5.94. The van der Waals surface area contributed by atoms with Gasteiger partial charge in [-0.15, -0.1) is 0 Å². The van der Waals surface area contributed by atoms with Crippen LogP contribution in [0.15, 0.2) is 12.3 Å². The maximum atomic E-state index is 12.3. The molecule has 1 aliphatic rings. The van der Waals surface area contributed by atoms with Crippen molar-refractivity contribution in [2.45, 2.75) is 6.04 Å². The van der Waals surface area contributed by atoms with Crippen LogP contribution in [0, 0.1) is 0 Å². The smallest absolute Gasteiger partial charge is 0.271 e. The minimum absolute atomic E-state index is 0.0916. The fourth-order valence-electron chi connectivity index (χ4n) is 2.02. The number of nitrogens with two attached hydrogens (primary N) is 1. The standard InChI is InChI=1S/C11H17N3O3/c1-13-5-8(12)4-10(13)11(16)14-2-3-17-7-9(14)6-15/h4-5,9,15H,2-3,6-7,12H2,1H3. The predicted octanol–water partition coefficient (Wildman–Crippen LogP) is -0.559. The van der Waals surface area contributed by atoms with Crippen LogP contribution in [0.2, 0.25) is 0 Å². The Balaban J connectivity index is 2.21. The number of morpholine rings is 1. The van der Waals surface area contributed by atoms with Crippen molar-refractivity contribution in [3.63, 3.8) is 0 Å². The first-order chi connectivity index (χ1) is 8.13. The summed E-state index contributed by atoms with van der Waals surface area (Å²) in [7, 11) is 1.78. The highest BCUT2D eigenvalue weighted by Gasteiger charge is 2.28. The van der Waals surface area contributed by atoms with E-state index in [0.29, 0.717) is 31.1 Å². The van der Waals surface area contributed by atoms with Crippen LogP contribution in [0.5, 0.6) is 0 Å². The first-order valence-electron chi connectivity index (χ1n) is 5.55. The van der Waals surface area contributed by atoms with E-state index >= 15 is 0 Å². The SMILES string of the molecule is Cn1cc(N)cc1C(=O)N1CCOCC1CO. The Hall–Kier alpha value is -1.53. The van der Waals surface area contributed by atoms with Gasteiger partial charge in [0, 0.05) is 19.8 Å². The molecule has 2 rings (SSSR count). The Morgan fingerprint density at radius 3 is 3.06 bits per heavy atom. The summed E-state index contributed by atoms with van der Waals surface area (Å²) in [6.07, 6.45) is 1.70. The van der Waals surface area contributed by atoms with Gasteiger partial charge in [0.15, 0.2) is 0 Å². The van der Waals surface area contributed by atoms with Crippen LogP contribution in [0.3, 0.4) is 0 Å². The normalized spacial score (nSPS) is 20.6. The van der Waals surface area contributed by atoms with E-state index in [9.17, 15) is 9.90 Å². The molecule has 0 spiro atoms. The average molecular weight is 239 g/mol. The number of anilines is 1. The Bertz CT molecular complexity index is 416. The number of amides is 1. The molecule has 1 saturated heterocycles. The first-order valence-corrected chi connectivity index (χ1v) is 5.55. The number of aryl methyl sites for hydroxylation is 1. The summed E-state index contributed by atoms with van der Waals surface area (Å²) in [6, 6.07) is 1.37. The van der Waals surface area contributed by atoms with Gasteiger partial charge in [-0.1, -0.05) is 0 Å². The van der Waals surface area contributed by atoms with Crippen molar-refractivity contribution >= 4 is 11.6 Å². The van der Waals surface area contributed by atoms with Crippen LogP contribution >= 0.6 is 0 Å². The zero-order valence-corrected chi connectivity index (χ0v) is 9.80. The van der Waals surface area contributed by atoms with Gasteiger partial charge in [0.2, 0.25) is 0 Å². The number of rotatable bonds is 2. The summed E-state index contributed by atoms with van der Waals surface area (Å²) in [5, 5.41) is 9.23.